The number of carbonyl (C=O) groups is 2. The van der Waals surface area contributed by atoms with Gasteiger partial charge in [-0.15, -0.1) is 11.3 Å². The fraction of sp³-hybridized carbons (Fsp3) is 0.190. The first-order valence-corrected chi connectivity index (χ1v) is 10.6. The zero-order valence-electron chi connectivity index (χ0n) is 16.7. The number of hydrogen-bond acceptors (Lipinski definition) is 7. The zero-order chi connectivity index (χ0) is 21.4. The summed E-state index contributed by atoms with van der Waals surface area (Å²) < 4.78 is 1.95. The first-order valence-electron chi connectivity index (χ1n) is 9.68. The van der Waals surface area contributed by atoms with Crippen molar-refractivity contribution >= 4 is 40.3 Å². The number of fused-ring (bicyclic) bond motifs is 2. The van der Waals surface area contributed by atoms with Crippen LogP contribution in [-0.2, 0) is 17.9 Å². The van der Waals surface area contributed by atoms with Gasteiger partial charge in [-0.1, -0.05) is 6.07 Å². The minimum absolute atomic E-state index is 0.0917. The van der Waals surface area contributed by atoms with Crippen LogP contribution in [0, 0.1) is 0 Å². The Morgan fingerprint density at radius 2 is 2.16 bits per heavy atom. The Hall–Kier alpha value is -3.79. The minimum Gasteiger partial charge on any atom is -0.359 e. The van der Waals surface area contributed by atoms with E-state index in [1.165, 1.54) is 17.5 Å². The van der Waals surface area contributed by atoms with Crippen LogP contribution in [0.1, 0.15) is 21.7 Å². The summed E-state index contributed by atoms with van der Waals surface area (Å²) in [6.07, 6.45) is 5.22. The molecule has 1 aliphatic rings. The Morgan fingerprint density at radius 1 is 1.26 bits per heavy atom. The number of pyridine rings is 2. The SMILES string of the molecule is CN(Cc1cnc2ccccn12)C(=O)c1cnc2c(c1)N(Cc1cscn1)C(=O)CN2. The molecule has 0 aliphatic carbocycles. The molecule has 5 heterocycles. The summed E-state index contributed by atoms with van der Waals surface area (Å²) in [6, 6.07) is 7.48. The summed E-state index contributed by atoms with van der Waals surface area (Å²) in [5.74, 6) is 0.301. The molecule has 1 N–H and O–H groups in total. The fourth-order valence-electron chi connectivity index (χ4n) is 3.59. The molecule has 10 heteroatoms. The van der Waals surface area contributed by atoms with E-state index in [9.17, 15) is 9.59 Å². The van der Waals surface area contributed by atoms with Crippen LogP contribution in [0.15, 0.2) is 53.7 Å². The number of aromatic nitrogens is 4. The minimum atomic E-state index is -0.187. The van der Waals surface area contributed by atoms with Crippen LogP contribution in [-0.4, -0.2) is 49.7 Å². The van der Waals surface area contributed by atoms with Gasteiger partial charge in [-0.2, -0.15) is 0 Å². The van der Waals surface area contributed by atoms with E-state index >= 15 is 0 Å². The highest BCUT2D eigenvalue weighted by atomic mass is 32.1. The molecule has 4 aromatic rings. The van der Waals surface area contributed by atoms with E-state index in [4.69, 9.17) is 0 Å². The topological polar surface area (TPSA) is 95.7 Å². The largest absolute Gasteiger partial charge is 0.359 e. The van der Waals surface area contributed by atoms with Gasteiger partial charge in [0.1, 0.15) is 5.65 Å². The number of rotatable bonds is 5. The van der Waals surface area contributed by atoms with E-state index in [1.807, 2.05) is 34.2 Å². The van der Waals surface area contributed by atoms with Crippen molar-refractivity contribution in [2.75, 3.05) is 23.8 Å². The van der Waals surface area contributed by atoms with Crippen LogP contribution < -0.4 is 10.2 Å². The number of anilines is 2. The Morgan fingerprint density at radius 3 is 3.00 bits per heavy atom. The zero-order valence-corrected chi connectivity index (χ0v) is 17.5. The van der Waals surface area contributed by atoms with Gasteiger partial charge >= 0.3 is 0 Å². The summed E-state index contributed by atoms with van der Waals surface area (Å²) in [4.78, 5) is 41.9. The van der Waals surface area contributed by atoms with Crippen molar-refractivity contribution < 1.29 is 9.59 Å². The van der Waals surface area contributed by atoms with Crippen LogP contribution in [0.5, 0.6) is 0 Å². The molecule has 4 aromatic heterocycles. The molecule has 0 aromatic carbocycles. The average molecular weight is 433 g/mol. The van der Waals surface area contributed by atoms with E-state index in [-0.39, 0.29) is 18.4 Å². The summed E-state index contributed by atoms with van der Waals surface area (Å²) in [6.45, 7) is 0.889. The Labute approximate surface area is 182 Å². The molecular weight excluding hydrogens is 414 g/mol. The fourth-order valence-corrected chi connectivity index (χ4v) is 4.14. The van der Waals surface area contributed by atoms with Crippen molar-refractivity contribution in [1.82, 2.24) is 24.3 Å². The van der Waals surface area contributed by atoms with Gasteiger partial charge in [0.05, 0.1) is 54.0 Å². The maximum atomic E-state index is 13.1. The molecule has 31 heavy (non-hydrogen) atoms. The molecule has 5 rings (SSSR count). The van der Waals surface area contributed by atoms with Gasteiger partial charge < -0.3 is 19.5 Å². The van der Waals surface area contributed by atoms with Gasteiger partial charge in [0, 0.05) is 24.8 Å². The molecule has 0 unspecified atom stereocenters. The number of carbonyl (C=O) groups excluding carboxylic acids is 2. The molecule has 0 saturated heterocycles. The third kappa shape index (κ3) is 3.61. The average Bonchev–Trinajstić information content (AvgIpc) is 3.45. The molecular formula is C21H19N7O2S. The van der Waals surface area contributed by atoms with Gasteiger partial charge in [0.15, 0.2) is 5.82 Å². The molecule has 156 valence electrons. The number of nitrogens with one attached hydrogen (secondary N) is 1. The molecule has 0 radical (unpaired) electrons. The summed E-state index contributed by atoms with van der Waals surface area (Å²) in [5, 5.41) is 4.92. The smallest absolute Gasteiger partial charge is 0.255 e. The summed E-state index contributed by atoms with van der Waals surface area (Å²) in [5.41, 5.74) is 5.26. The summed E-state index contributed by atoms with van der Waals surface area (Å²) >= 11 is 1.48. The van der Waals surface area contributed by atoms with Crippen molar-refractivity contribution in [1.29, 1.82) is 0 Å². The van der Waals surface area contributed by atoms with E-state index in [0.29, 0.717) is 30.2 Å². The highest BCUT2D eigenvalue weighted by Crippen LogP contribution is 2.30. The standard InChI is InChI=1S/C21H19N7O2S/c1-26(11-16-8-22-18-4-2-3-5-27(16)18)21(30)14-6-17-20(23-7-14)24-9-19(29)28(17)10-15-12-31-13-25-15/h2-8,12-13H,9-11H2,1H3,(H,23,24). The number of thiazole rings is 1. The van der Waals surface area contributed by atoms with Crippen LogP contribution >= 0.6 is 11.3 Å². The predicted molar refractivity (Wildman–Crippen MR) is 117 cm³/mol. The van der Waals surface area contributed by atoms with Crippen molar-refractivity contribution in [2.45, 2.75) is 13.1 Å². The molecule has 0 saturated carbocycles. The van der Waals surface area contributed by atoms with Crippen LogP contribution in [0.25, 0.3) is 5.65 Å². The van der Waals surface area contributed by atoms with E-state index < -0.39 is 0 Å². The van der Waals surface area contributed by atoms with Gasteiger partial charge in [0.2, 0.25) is 5.91 Å². The quantitative estimate of drug-likeness (QED) is 0.519. The number of amides is 2. The maximum Gasteiger partial charge on any atom is 0.255 e. The normalized spacial score (nSPS) is 13.2. The lowest BCUT2D eigenvalue weighted by atomic mass is 10.1. The molecule has 9 nitrogen and oxygen atoms in total. The van der Waals surface area contributed by atoms with Gasteiger partial charge in [-0.25, -0.2) is 15.0 Å². The molecule has 1 aliphatic heterocycles. The molecule has 0 spiro atoms. The lowest BCUT2D eigenvalue weighted by Crippen LogP contribution is -2.40. The predicted octanol–water partition coefficient (Wildman–Crippen LogP) is 2.42. The second-order valence-electron chi connectivity index (χ2n) is 7.24. The van der Waals surface area contributed by atoms with Crippen molar-refractivity contribution in [3.63, 3.8) is 0 Å². The van der Waals surface area contributed by atoms with E-state index in [2.05, 4.69) is 20.3 Å². The lowest BCUT2D eigenvalue weighted by molar-refractivity contribution is -0.117. The third-order valence-electron chi connectivity index (χ3n) is 5.16. The molecule has 0 bridgehead atoms. The Kier molecular flexibility index (Phi) is 4.83. The molecule has 0 atom stereocenters. The van der Waals surface area contributed by atoms with E-state index in [0.717, 1.165) is 17.0 Å². The third-order valence-corrected chi connectivity index (χ3v) is 5.79. The van der Waals surface area contributed by atoms with Crippen molar-refractivity contribution in [2.24, 2.45) is 0 Å². The highest BCUT2D eigenvalue weighted by Gasteiger charge is 2.27. The van der Waals surface area contributed by atoms with Crippen molar-refractivity contribution in [3.8, 4) is 0 Å². The maximum absolute atomic E-state index is 13.1. The van der Waals surface area contributed by atoms with Gasteiger partial charge in [-0.05, 0) is 18.2 Å². The summed E-state index contributed by atoms with van der Waals surface area (Å²) in [7, 11) is 1.74. The Bertz CT molecular complexity index is 1270. The second-order valence-corrected chi connectivity index (χ2v) is 7.96. The highest BCUT2D eigenvalue weighted by molar-refractivity contribution is 7.07. The van der Waals surface area contributed by atoms with Gasteiger partial charge in [0.25, 0.3) is 5.91 Å². The molecule has 0 fully saturated rings. The van der Waals surface area contributed by atoms with Gasteiger partial charge in [-0.3, -0.25) is 9.59 Å². The Balaban J connectivity index is 1.40. The van der Waals surface area contributed by atoms with Crippen LogP contribution in [0.4, 0.5) is 11.5 Å². The lowest BCUT2D eigenvalue weighted by Gasteiger charge is -2.29. The molecule has 2 amide bonds. The second kappa shape index (κ2) is 7.80. The van der Waals surface area contributed by atoms with E-state index in [1.54, 1.807) is 34.6 Å². The number of nitrogens with zero attached hydrogens (tertiary/aromatic N) is 6. The monoisotopic (exact) mass is 433 g/mol. The van der Waals surface area contributed by atoms with Crippen LogP contribution in [0.2, 0.25) is 0 Å². The van der Waals surface area contributed by atoms with Crippen molar-refractivity contribution in [3.05, 3.63) is 70.7 Å². The van der Waals surface area contributed by atoms with Crippen LogP contribution in [0.3, 0.4) is 0 Å². The first kappa shape index (κ1) is 19.2. The number of imidazole rings is 1. The first-order chi connectivity index (χ1) is 15.1. The number of hydrogen-bond donors (Lipinski definition) is 1.